The quantitative estimate of drug-likeness (QED) is 0.267. The Hall–Kier alpha value is -4.26. The van der Waals surface area contributed by atoms with Crippen LogP contribution in [0, 0.1) is 5.82 Å². The van der Waals surface area contributed by atoms with Crippen molar-refractivity contribution in [1.29, 1.82) is 0 Å². The predicted octanol–water partition coefficient (Wildman–Crippen LogP) is 5.58. The van der Waals surface area contributed by atoms with Crippen molar-refractivity contribution in [3.8, 4) is 0 Å². The summed E-state index contributed by atoms with van der Waals surface area (Å²) in [6.45, 7) is -0.512. The summed E-state index contributed by atoms with van der Waals surface area (Å²) in [6, 6.07) is 7.19. The lowest BCUT2D eigenvalue weighted by atomic mass is 10.0. The first-order valence-electron chi connectivity index (χ1n) is 14.1. The van der Waals surface area contributed by atoms with Crippen LogP contribution in [0.5, 0.6) is 0 Å². The van der Waals surface area contributed by atoms with E-state index in [1.54, 1.807) is 0 Å². The van der Waals surface area contributed by atoms with E-state index in [4.69, 9.17) is 11.6 Å². The zero-order chi connectivity index (χ0) is 32.6. The molecule has 3 heterocycles. The molecule has 0 saturated carbocycles. The van der Waals surface area contributed by atoms with Crippen LogP contribution < -0.4 is 5.32 Å². The fraction of sp³-hybridized carbons (Fsp3) is 0.355. The fourth-order valence-corrected chi connectivity index (χ4v) is 5.94. The number of carbonyl (C=O) groups excluding carboxylic acids is 4. The van der Waals surface area contributed by atoms with Gasteiger partial charge >= 0.3 is 0 Å². The lowest BCUT2D eigenvalue weighted by Gasteiger charge is -2.32. The van der Waals surface area contributed by atoms with E-state index in [1.165, 1.54) is 54.1 Å². The molecule has 2 saturated heterocycles. The van der Waals surface area contributed by atoms with Crippen LogP contribution in [-0.2, 0) is 22.7 Å². The lowest BCUT2D eigenvalue weighted by molar-refractivity contribution is -0.138. The molecular formula is C31H28ClF5N4O4. The number of ketones is 1. The molecule has 1 atom stereocenters. The summed E-state index contributed by atoms with van der Waals surface area (Å²) in [6.07, 6.45) is -1.22. The molecule has 1 aromatic heterocycles. The highest BCUT2D eigenvalue weighted by molar-refractivity contribution is 6.30. The van der Waals surface area contributed by atoms with Crippen molar-refractivity contribution in [1.82, 2.24) is 19.7 Å². The molecule has 2 fully saturated rings. The number of hydrogen-bond acceptors (Lipinski definition) is 4. The maximum Gasteiger partial charge on any atom is 0.271 e. The zero-order valence-corrected chi connectivity index (χ0v) is 24.8. The molecule has 2 aromatic carbocycles. The molecule has 0 aliphatic carbocycles. The number of hydrogen-bond donors (Lipinski definition) is 1. The number of likely N-dealkylation sites (tertiary alicyclic amines) is 2. The van der Waals surface area contributed by atoms with Gasteiger partial charge in [-0.3, -0.25) is 19.2 Å². The number of nitrogens with zero attached hydrogens (tertiary/aromatic N) is 3. The van der Waals surface area contributed by atoms with Crippen LogP contribution in [0.2, 0.25) is 5.02 Å². The Labute approximate surface area is 259 Å². The number of rotatable bonds is 7. The van der Waals surface area contributed by atoms with E-state index < -0.39 is 79.0 Å². The Morgan fingerprint density at radius 2 is 1.87 bits per heavy atom. The summed E-state index contributed by atoms with van der Waals surface area (Å²) in [5.74, 6) is -6.23. The van der Waals surface area contributed by atoms with E-state index in [0.717, 1.165) is 9.80 Å². The standard InChI is InChI=1S/C31H28ClF5N4O4/c1-17(42)22-14-40(24-7-6-18(10-21(22)24)30(45)39-9-3-8-31(36,37)16-39)15-26(43)41-13-20(28(34)35)11-25(41)29(44)38-12-19-4-2-5-23(32)27(19)33/h2,4-7,10,14,25H,3,8-9,11-13,15-16H2,1H3,(H,38,44)/t25-/m0/s1. The summed E-state index contributed by atoms with van der Waals surface area (Å²) in [5, 5.41) is 2.63. The van der Waals surface area contributed by atoms with Gasteiger partial charge in [-0.05, 0) is 37.6 Å². The van der Waals surface area contributed by atoms with Gasteiger partial charge in [-0.15, -0.1) is 0 Å². The third-order valence-electron chi connectivity index (χ3n) is 8.04. The van der Waals surface area contributed by atoms with Gasteiger partial charge in [0.2, 0.25) is 11.8 Å². The van der Waals surface area contributed by atoms with Gasteiger partial charge < -0.3 is 19.7 Å². The largest absolute Gasteiger partial charge is 0.350 e. The summed E-state index contributed by atoms with van der Waals surface area (Å²) < 4.78 is 70.8. The molecule has 2 aliphatic rings. The fourth-order valence-electron chi connectivity index (χ4n) is 5.74. The lowest BCUT2D eigenvalue weighted by Crippen LogP contribution is -2.46. The Bertz CT molecular complexity index is 1740. The molecule has 0 radical (unpaired) electrons. The molecule has 0 bridgehead atoms. The van der Waals surface area contributed by atoms with Gasteiger partial charge in [-0.25, -0.2) is 13.2 Å². The zero-order valence-electron chi connectivity index (χ0n) is 24.0. The van der Waals surface area contributed by atoms with Crippen molar-refractivity contribution in [2.45, 2.75) is 51.2 Å². The molecule has 0 spiro atoms. The second-order valence-electron chi connectivity index (χ2n) is 11.2. The minimum absolute atomic E-state index is 0.0709. The van der Waals surface area contributed by atoms with Gasteiger partial charge in [0.05, 0.1) is 11.6 Å². The average Bonchev–Trinajstić information content (AvgIpc) is 3.59. The third kappa shape index (κ3) is 6.73. The monoisotopic (exact) mass is 650 g/mol. The number of Topliss-reactive ketones (excluding diaryl/α,β-unsaturated/α-hetero) is 1. The van der Waals surface area contributed by atoms with E-state index in [1.807, 2.05) is 0 Å². The molecule has 1 N–H and O–H groups in total. The van der Waals surface area contributed by atoms with E-state index in [2.05, 4.69) is 5.32 Å². The maximum atomic E-state index is 14.3. The number of carbonyl (C=O) groups is 4. The molecule has 2 aliphatic heterocycles. The Balaban J connectivity index is 1.38. The minimum Gasteiger partial charge on any atom is -0.350 e. The molecule has 238 valence electrons. The number of halogens is 6. The first-order chi connectivity index (χ1) is 21.3. The predicted molar refractivity (Wildman–Crippen MR) is 155 cm³/mol. The smallest absolute Gasteiger partial charge is 0.271 e. The van der Waals surface area contributed by atoms with Crippen LogP contribution in [0.15, 0.2) is 54.2 Å². The van der Waals surface area contributed by atoms with E-state index in [0.29, 0.717) is 10.9 Å². The topological polar surface area (TPSA) is 91.7 Å². The van der Waals surface area contributed by atoms with Crippen LogP contribution in [0.4, 0.5) is 22.0 Å². The second kappa shape index (κ2) is 12.6. The average molecular weight is 651 g/mol. The number of piperidine rings is 1. The third-order valence-corrected chi connectivity index (χ3v) is 8.34. The van der Waals surface area contributed by atoms with Gasteiger partial charge in [0.25, 0.3) is 17.9 Å². The number of alkyl halides is 2. The van der Waals surface area contributed by atoms with Crippen molar-refractivity contribution >= 4 is 46.0 Å². The van der Waals surface area contributed by atoms with Gasteiger partial charge in [-0.1, -0.05) is 23.7 Å². The van der Waals surface area contributed by atoms with E-state index in [9.17, 15) is 41.1 Å². The van der Waals surface area contributed by atoms with Gasteiger partial charge in [0.15, 0.2) is 5.78 Å². The summed E-state index contributed by atoms with van der Waals surface area (Å²) >= 11 is 5.79. The molecule has 8 nitrogen and oxygen atoms in total. The van der Waals surface area contributed by atoms with Crippen LogP contribution in [-0.4, -0.2) is 69.5 Å². The highest BCUT2D eigenvalue weighted by atomic mass is 35.5. The van der Waals surface area contributed by atoms with Crippen LogP contribution in [0.1, 0.15) is 52.5 Å². The first-order valence-corrected chi connectivity index (χ1v) is 14.5. The van der Waals surface area contributed by atoms with Crippen LogP contribution in [0.25, 0.3) is 10.9 Å². The van der Waals surface area contributed by atoms with Crippen molar-refractivity contribution in [2.75, 3.05) is 19.6 Å². The van der Waals surface area contributed by atoms with Crippen molar-refractivity contribution < 1.29 is 41.1 Å². The molecule has 5 rings (SSSR count). The van der Waals surface area contributed by atoms with Crippen molar-refractivity contribution in [2.24, 2.45) is 0 Å². The SMILES string of the molecule is CC(=O)c1cn(CC(=O)N2CC(=C(F)F)C[C@H]2C(=O)NCc2cccc(Cl)c2F)c2ccc(C(=O)N3CCCC(F)(F)C3)cc12. The number of amides is 3. The van der Waals surface area contributed by atoms with E-state index in [-0.39, 0.29) is 47.6 Å². The highest BCUT2D eigenvalue weighted by Gasteiger charge is 2.39. The molecule has 0 unspecified atom stereocenters. The molecule has 14 heteroatoms. The van der Waals surface area contributed by atoms with Crippen molar-refractivity contribution in [3.05, 3.63) is 81.8 Å². The second-order valence-corrected chi connectivity index (χ2v) is 11.6. The summed E-state index contributed by atoms with van der Waals surface area (Å²) in [4.78, 5) is 54.2. The maximum absolute atomic E-state index is 14.3. The minimum atomic E-state index is -3.00. The normalized spacial score (nSPS) is 17.9. The van der Waals surface area contributed by atoms with Crippen molar-refractivity contribution in [3.63, 3.8) is 0 Å². The molecule has 45 heavy (non-hydrogen) atoms. The Morgan fingerprint density at radius 1 is 1.11 bits per heavy atom. The van der Waals surface area contributed by atoms with Crippen LogP contribution >= 0.6 is 11.6 Å². The Kier molecular flexibility index (Phi) is 9.02. The van der Waals surface area contributed by atoms with Gasteiger partial charge in [-0.2, -0.15) is 8.78 Å². The van der Waals surface area contributed by atoms with Gasteiger partial charge in [0.1, 0.15) is 18.4 Å². The number of fused-ring (bicyclic) bond motifs is 1. The molecular weight excluding hydrogens is 623 g/mol. The number of aromatic nitrogens is 1. The van der Waals surface area contributed by atoms with E-state index >= 15 is 0 Å². The first kappa shape index (κ1) is 32.1. The molecule has 3 amide bonds. The molecule has 3 aromatic rings. The van der Waals surface area contributed by atoms with Crippen LogP contribution in [0.3, 0.4) is 0 Å². The highest BCUT2D eigenvalue weighted by Crippen LogP contribution is 2.31. The van der Waals surface area contributed by atoms with Gasteiger partial charge in [0, 0.05) is 71.8 Å². The number of benzene rings is 2. The summed E-state index contributed by atoms with van der Waals surface area (Å²) in [7, 11) is 0. The summed E-state index contributed by atoms with van der Waals surface area (Å²) in [5.41, 5.74) is 0.281. The Morgan fingerprint density at radius 3 is 2.56 bits per heavy atom. The number of nitrogens with one attached hydrogen (secondary N) is 1.